The van der Waals surface area contributed by atoms with Gasteiger partial charge < -0.3 is 5.32 Å². The minimum atomic E-state index is -0.317. The first-order valence-electron chi connectivity index (χ1n) is 6.50. The van der Waals surface area contributed by atoms with E-state index in [-0.39, 0.29) is 16.7 Å². The molecule has 1 N–H and O–H groups in total. The van der Waals surface area contributed by atoms with Crippen molar-refractivity contribution in [3.8, 4) is 0 Å². The van der Waals surface area contributed by atoms with Crippen LogP contribution in [0.2, 0.25) is 0 Å². The van der Waals surface area contributed by atoms with Gasteiger partial charge in [0, 0.05) is 23.7 Å². The summed E-state index contributed by atoms with van der Waals surface area (Å²) in [5.74, 6) is 0. The Balaban J connectivity index is 2.89. The van der Waals surface area contributed by atoms with Gasteiger partial charge in [0.05, 0.1) is 4.92 Å². The Morgan fingerprint density at radius 2 is 1.94 bits per heavy atom. The van der Waals surface area contributed by atoms with E-state index in [1.807, 2.05) is 19.1 Å². The van der Waals surface area contributed by atoms with E-state index in [0.29, 0.717) is 11.6 Å². The van der Waals surface area contributed by atoms with E-state index in [2.05, 4.69) is 19.2 Å². The lowest BCUT2D eigenvalue weighted by Gasteiger charge is -2.21. The summed E-state index contributed by atoms with van der Waals surface area (Å²) in [6, 6.07) is 6.05. The molecular weight excluding hydrogens is 228 g/mol. The summed E-state index contributed by atoms with van der Waals surface area (Å²) in [4.78, 5) is 10.6. The highest BCUT2D eigenvalue weighted by molar-refractivity contribution is 5.43. The molecule has 0 heterocycles. The van der Waals surface area contributed by atoms with E-state index in [1.165, 1.54) is 0 Å². The maximum Gasteiger partial charge on any atom is 0.272 e. The number of hydrogen-bond acceptors (Lipinski definition) is 3. The quantitative estimate of drug-likeness (QED) is 0.618. The summed E-state index contributed by atoms with van der Waals surface area (Å²) < 4.78 is 0. The molecule has 1 aromatic rings. The maximum atomic E-state index is 10.9. The second kappa shape index (κ2) is 6.50. The van der Waals surface area contributed by atoms with Crippen LogP contribution >= 0.6 is 0 Å². The highest BCUT2D eigenvalue weighted by Gasteiger charge is 2.15. The molecule has 0 aliphatic heterocycles. The van der Waals surface area contributed by atoms with Crippen LogP contribution in [0.15, 0.2) is 18.2 Å². The van der Waals surface area contributed by atoms with Crippen LogP contribution in [0.4, 0.5) is 5.69 Å². The van der Waals surface area contributed by atoms with Crippen molar-refractivity contribution in [1.82, 2.24) is 5.32 Å². The molecule has 0 spiro atoms. The third-order valence-corrected chi connectivity index (χ3v) is 3.40. The van der Waals surface area contributed by atoms with Crippen LogP contribution in [-0.4, -0.2) is 11.0 Å². The second-order valence-electron chi connectivity index (χ2n) is 4.70. The van der Waals surface area contributed by atoms with Crippen LogP contribution in [0.3, 0.4) is 0 Å². The van der Waals surface area contributed by atoms with Gasteiger partial charge in [0.1, 0.15) is 0 Å². The monoisotopic (exact) mass is 250 g/mol. The zero-order valence-corrected chi connectivity index (χ0v) is 11.6. The minimum Gasteiger partial charge on any atom is -0.307 e. The average molecular weight is 250 g/mol. The fourth-order valence-electron chi connectivity index (χ4n) is 2.07. The Hall–Kier alpha value is -1.42. The van der Waals surface area contributed by atoms with Crippen molar-refractivity contribution in [2.75, 3.05) is 0 Å². The molecule has 0 aliphatic rings. The van der Waals surface area contributed by atoms with E-state index >= 15 is 0 Å². The van der Waals surface area contributed by atoms with E-state index < -0.39 is 0 Å². The van der Waals surface area contributed by atoms with Crippen LogP contribution in [0.25, 0.3) is 0 Å². The first-order valence-corrected chi connectivity index (χ1v) is 6.50. The number of nitrogens with zero attached hydrogens (tertiary/aromatic N) is 1. The fourth-order valence-corrected chi connectivity index (χ4v) is 2.07. The molecule has 1 atom stereocenters. The normalized spacial score (nSPS) is 12.7. The molecule has 4 heteroatoms. The lowest BCUT2D eigenvalue weighted by molar-refractivity contribution is -0.385. The van der Waals surface area contributed by atoms with E-state index in [4.69, 9.17) is 0 Å². The molecule has 0 aliphatic carbocycles. The number of benzene rings is 1. The highest BCUT2D eigenvalue weighted by atomic mass is 16.6. The van der Waals surface area contributed by atoms with Gasteiger partial charge in [-0.2, -0.15) is 0 Å². The van der Waals surface area contributed by atoms with Crippen molar-refractivity contribution in [2.24, 2.45) is 0 Å². The number of nitro groups is 1. The second-order valence-corrected chi connectivity index (χ2v) is 4.70. The molecule has 0 radical (unpaired) electrons. The van der Waals surface area contributed by atoms with Crippen molar-refractivity contribution >= 4 is 5.69 Å². The third kappa shape index (κ3) is 3.53. The molecule has 0 saturated carbocycles. The van der Waals surface area contributed by atoms with E-state index in [1.54, 1.807) is 13.0 Å². The van der Waals surface area contributed by atoms with Crippen LogP contribution in [0.1, 0.15) is 50.8 Å². The largest absolute Gasteiger partial charge is 0.307 e. The van der Waals surface area contributed by atoms with Crippen molar-refractivity contribution in [1.29, 1.82) is 0 Å². The predicted molar refractivity (Wildman–Crippen MR) is 73.8 cm³/mol. The van der Waals surface area contributed by atoms with Gasteiger partial charge >= 0.3 is 0 Å². The van der Waals surface area contributed by atoms with Crippen LogP contribution in [0.5, 0.6) is 0 Å². The summed E-state index contributed by atoms with van der Waals surface area (Å²) in [6.07, 6.45) is 2.13. The molecule has 0 fully saturated rings. The number of nitrogens with one attached hydrogen (secondary N) is 1. The van der Waals surface area contributed by atoms with Gasteiger partial charge in [0.25, 0.3) is 5.69 Å². The van der Waals surface area contributed by atoms with Gasteiger partial charge in [-0.25, -0.2) is 0 Å². The van der Waals surface area contributed by atoms with Gasteiger partial charge in [0.2, 0.25) is 0 Å². The predicted octanol–water partition coefficient (Wildman–Crippen LogP) is 3.74. The Kier molecular flexibility index (Phi) is 5.28. The minimum absolute atomic E-state index is 0.134. The SMILES string of the molecule is CCC(CC)NC(C)c1ccc(C)c([N+](=O)[O-])c1. The van der Waals surface area contributed by atoms with E-state index in [9.17, 15) is 10.1 Å². The number of hydrogen-bond donors (Lipinski definition) is 1. The fraction of sp³-hybridized carbons (Fsp3) is 0.571. The molecule has 100 valence electrons. The maximum absolute atomic E-state index is 10.9. The molecule has 0 saturated heterocycles. The lowest BCUT2D eigenvalue weighted by atomic mass is 10.0. The Morgan fingerprint density at radius 1 is 1.33 bits per heavy atom. The van der Waals surface area contributed by atoms with Gasteiger partial charge in [-0.1, -0.05) is 26.0 Å². The summed E-state index contributed by atoms with van der Waals surface area (Å²) in [7, 11) is 0. The summed E-state index contributed by atoms with van der Waals surface area (Å²) in [6.45, 7) is 8.10. The van der Waals surface area contributed by atoms with Gasteiger partial charge in [-0.05, 0) is 32.3 Å². The van der Waals surface area contributed by atoms with Crippen molar-refractivity contribution in [3.05, 3.63) is 39.4 Å². The van der Waals surface area contributed by atoms with Crippen molar-refractivity contribution < 1.29 is 4.92 Å². The highest BCUT2D eigenvalue weighted by Crippen LogP contribution is 2.23. The van der Waals surface area contributed by atoms with Gasteiger partial charge in [0.15, 0.2) is 0 Å². The van der Waals surface area contributed by atoms with E-state index in [0.717, 1.165) is 18.4 Å². The molecule has 18 heavy (non-hydrogen) atoms. The number of rotatable bonds is 6. The average Bonchev–Trinajstić information content (AvgIpc) is 2.35. The molecule has 0 amide bonds. The molecule has 0 aromatic heterocycles. The summed E-state index contributed by atoms with van der Waals surface area (Å²) >= 11 is 0. The zero-order valence-electron chi connectivity index (χ0n) is 11.6. The molecule has 1 rings (SSSR count). The zero-order chi connectivity index (χ0) is 13.7. The molecule has 1 aromatic carbocycles. The Morgan fingerprint density at radius 3 is 2.44 bits per heavy atom. The summed E-state index contributed by atoms with van der Waals surface area (Å²) in [5, 5.41) is 14.4. The van der Waals surface area contributed by atoms with Gasteiger partial charge in [-0.3, -0.25) is 10.1 Å². The van der Waals surface area contributed by atoms with Gasteiger partial charge in [-0.15, -0.1) is 0 Å². The Labute approximate surface area is 109 Å². The van der Waals surface area contributed by atoms with Crippen molar-refractivity contribution in [3.63, 3.8) is 0 Å². The van der Waals surface area contributed by atoms with Crippen LogP contribution in [0, 0.1) is 17.0 Å². The third-order valence-electron chi connectivity index (χ3n) is 3.40. The molecular formula is C14H22N2O2. The standard InChI is InChI=1S/C14H22N2O2/c1-5-13(6-2)15-11(4)12-8-7-10(3)14(9-12)16(17)18/h7-9,11,13,15H,5-6H2,1-4H3. The lowest BCUT2D eigenvalue weighted by Crippen LogP contribution is -2.30. The smallest absolute Gasteiger partial charge is 0.272 e. The topological polar surface area (TPSA) is 55.2 Å². The summed E-state index contributed by atoms with van der Waals surface area (Å²) in [5.41, 5.74) is 1.88. The first kappa shape index (κ1) is 14.6. The van der Waals surface area contributed by atoms with Crippen LogP contribution < -0.4 is 5.32 Å². The molecule has 1 unspecified atom stereocenters. The van der Waals surface area contributed by atoms with Crippen LogP contribution in [-0.2, 0) is 0 Å². The Bertz CT molecular complexity index is 414. The first-order chi connectivity index (χ1) is 8.49. The van der Waals surface area contributed by atoms with Crippen molar-refractivity contribution in [2.45, 2.75) is 52.6 Å². The number of aryl methyl sites for hydroxylation is 1. The number of nitro benzene ring substituents is 1. The molecule has 4 nitrogen and oxygen atoms in total. The molecule has 0 bridgehead atoms.